The molecule has 1 saturated heterocycles. The van der Waals surface area contributed by atoms with Crippen molar-refractivity contribution in [2.24, 2.45) is 0 Å². The number of quaternary nitrogens is 1. The van der Waals surface area contributed by atoms with E-state index in [1.807, 2.05) is 17.0 Å². The average molecular weight is 258 g/mol. The molecular weight excluding hydrogens is 238 g/mol. The van der Waals surface area contributed by atoms with Gasteiger partial charge in [-0.2, -0.15) is 5.26 Å². The third-order valence-electron chi connectivity index (χ3n) is 3.66. The summed E-state index contributed by atoms with van der Waals surface area (Å²) in [6.45, 7) is 4.66. The van der Waals surface area contributed by atoms with Gasteiger partial charge in [-0.3, -0.25) is 4.79 Å². The molecule has 0 spiro atoms. The summed E-state index contributed by atoms with van der Waals surface area (Å²) in [5, 5.41) is 8.53. The van der Waals surface area contributed by atoms with Crippen molar-refractivity contribution >= 4 is 5.91 Å². The quantitative estimate of drug-likeness (QED) is 0.818. The lowest BCUT2D eigenvalue weighted by Gasteiger charge is -2.31. The predicted molar refractivity (Wildman–Crippen MR) is 72.5 cm³/mol. The lowest BCUT2D eigenvalue weighted by atomic mass is 10.1. The van der Waals surface area contributed by atoms with E-state index in [4.69, 9.17) is 5.26 Å². The average Bonchev–Trinajstić information content (AvgIpc) is 2.47. The number of carbonyl (C=O) groups is 1. The Hall–Kier alpha value is -1.86. The maximum absolute atomic E-state index is 11.6. The molecule has 4 heteroatoms. The van der Waals surface area contributed by atoms with E-state index in [9.17, 15) is 4.79 Å². The number of amides is 1. The van der Waals surface area contributed by atoms with Crippen LogP contribution in [-0.4, -0.2) is 43.5 Å². The van der Waals surface area contributed by atoms with Crippen molar-refractivity contribution in [2.45, 2.75) is 12.8 Å². The molecule has 1 N–H and O–H groups in total. The van der Waals surface area contributed by atoms with Gasteiger partial charge in [-0.05, 0) is 5.56 Å². The molecule has 100 valence electrons. The number of nitrogens with zero attached hydrogens (tertiary/aromatic N) is 2. The highest BCUT2D eigenvalue weighted by atomic mass is 16.2. The van der Waals surface area contributed by atoms with Gasteiger partial charge in [0.05, 0.1) is 38.8 Å². The molecule has 1 aliphatic rings. The second-order valence-electron chi connectivity index (χ2n) is 4.95. The Labute approximate surface area is 114 Å². The van der Waals surface area contributed by atoms with Crippen LogP contribution in [0.15, 0.2) is 30.3 Å². The van der Waals surface area contributed by atoms with Crippen molar-refractivity contribution in [1.82, 2.24) is 4.90 Å². The van der Waals surface area contributed by atoms with Gasteiger partial charge in [-0.1, -0.05) is 30.3 Å². The molecule has 4 nitrogen and oxygen atoms in total. The summed E-state index contributed by atoms with van der Waals surface area (Å²) in [7, 11) is 0. The molecule has 1 amide bonds. The second-order valence-corrected chi connectivity index (χ2v) is 4.95. The first-order chi connectivity index (χ1) is 9.29. The fraction of sp³-hybridized carbons (Fsp3) is 0.467. The largest absolute Gasteiger partial charge is 0.332 e. The van der Waals surface area contributed by atoms with Gasteiger partial charge in [0.25, 0.3) is 0 Å². The smallest absolute Gasteiger partial charge is 0.237 e. The van der Waals surface area contributed by atoms with Gasteiger partial charge >= 0.3 is 0 Å². The number of nitrogens with one attached hydrogen (secondary N) is 1. The first kappa shape index (κ1) is 13.6. The number of rotatable bonds is 4. The van der Waals surface area contributed by atoms with E-state index in [-0.39, 0.29) is 12.3 Å². The molecule has 1 aromatic carbocycles. The zero-order valence-electron chi connectivity index (χ0n) is 11.1. The van der Waals surface area contributed by atoms with Crippen LogP contribution >= 0.6 is 0 Å². The molecule has 1 aliphatic heterocycles. The van der Waals surface area contributed by atoms with Crippen LogP contribution < -0.4 is 4.90 Å². The fourth-order valence-corrected chi connectivity index (χ4v) is 2.47. The summed E-state index contributed by atoms with van der Waals surface area (Å²) >= 11 is 0. The van der Waals surface area contributed by atoms with Crippen molar-refractivity contribution in [2.75, 3.05) is 32.7 Å². The first-order valence-corrected chi connectivity index (χ1v) is 6.82. The van der Waals surface area contributed by atoms with E-state index >= 15 is 0 Å². The standard InChI is InChI=1S/C15H19N3O/c16-8-6-15(19)18-12-10-17(11-13-18)9-7-14-4-2-1-3-5-14/h1-5H,6-7,9-13H2/p+1. The summed E-state index contributed by atoms with van der Waals surface area (Å²) < 4.78 is 0. The molecule has 0 radical (unpaired) electrons. The summed E-state index contributed by atoms with van der Waals surface area (Å²) in [5.74, 6) is -0.0235. The minimum atomic E-state index is -0.0235. The van der Waals surface area contributed by atoms with Gasteiger partial charge < -0.3 is 9.80 Å². The highest BCUT2D eigenvalue weighted by molar-refractivity contribution is 5.78. The molecule has 0 aromatic heterocycles. The van der Waals surface area contributed by atoms with Crippen molar-refractivity contribution in [3.05, 3.63) is 35.9 Å². The minimum absolute atomic E-state index is 0.0132. The van der Waals surface area contributed by atoms with E-state index in [1.54, 1.807) is 4.90 Å². The number of benzene rings is 1. The van der Waals surface area contributed by atoms with E-state index in [0.717, 1.165) is 39.1 Å². The molecule has 0 aliphatic carbocycles. The van der Waals surface area contributed by atoms with Crippen LogP contribution in [0.4, 0.5) is 0 Å². The summed E-state index contributed by atoms with van der Waals surface area (Å²) in [6.07, 6.45) is 1.10. The van der Waals surface area contributed by atoms with Crippen LogP contribution in [0, 0.1) is 11.3 Å². The Bertz CT molecular complexity index is 444. The van der Waals surface area contributed by atoms with Gasteiger partial charge in [-0.15, -0.1) is 0 Å². The van der Waals surface area contributed by atoms with Crippen molar-refractivity contribution < 1.29 is 9.69 Å². The van der Waals surface area contributed by atoms with Gasteiger partial charge in [0.15, 0.2) is 0 Å². The lowest BCUT2D eigenvalue weighted by Crippen LogP contribution is -3.15. The minimum Gasteiger partial charge on any atom is -0.332 e. The van der Waals surface area contributed by atoms with E-state index in [1.165, 1.54) is 5.56 Å². The zero-order chi connectivity index (χ0) is 13.5. The van der Waals surface area contributed by atoms with Crippen molar-refractivity contribution in [1.29, 1.82) is 5.26 Å². The van der Waals surface area contributed by atoms with Gasteiger partial charge in [0.1, 0.15) is 6.42 Å². The number of hydrogen-bond donors (Lipinski definition) is 1. The molecule has 0 saturated carbocycles. The molecule has 0 bridgehead atoms. The third kappa shape index (κ3) is 4.08. The monoisotopic (exact) mass is 258 g/mol. The number of hydrogen-bond acceptors (Lipinski definition) is 2. The number of carbonyl (C=O) groups excluding carboxylic acids is 1. The number of piperazine rings is 1. The van der Waals surface area contributed by atoms with Crippen LogP contribution in [0.3, 0.4) is 0 Å². The predicted octanol–water partition coefficient (Wildman–Crippen LogP) is -0.130. The Kier molecular flexibility index (Phi) is 4.93. The van der Waals surface area contributed by atoms with Gasteiger partial charge in [0.2, 0.25) is 5.91 Å². The van der Waals surface area contributed by atoms with E-state index < -0.39 is 0 Å². The maximum Gasteiger partial charge on any atom is 0.237 e. The summed E-state index contributed by atoms with van der Waals surface area (Å²) in [5.41, 5.74) is 1.37. The Morgan fingerprint density at radius 1 is 1.26 bits per heavy atom. The van der Waals surface area contributed by atoms with Crippen LogP contribution in [-0.2, 0) is 11.2 Å². The molecule has 19 heavy (non-hydrogen) atoms. The Balaban J connectivity index is 1.72. The first-order valence-electron chi connectivity index (χ1n) is 6.82. The molecule has 1 fully saturated rings. The molecule has 1 heterocycles. The van der Waals surface area contributed by atoms with Crippen molar-refractivity contribution in [3.8, 4) is 6.07 Å². The van der Waals surface area contributed by atoms with Crippen molar-refractivity contribution in [3.63, 3.8) is 0 Å². The molecule has 1 aromatic rings. The molecule has 0 atom stereocenters. The van der Waals surface area contributed by atoms with Gasteiger partial charge in [0, 0.05) is 6.42 Å². The topological polar surface area (TPSA) is 48.5 Å². The van der Waals surface area contributed by atoms with E-state index in [0.29, 0.717) is 0 Å². The third-order valence-corrected chi connectivity index (χ3v) is 3.66. The summed E-state index contributed by atoms with van der Waals surface area (Å²) in [6, 6.07) is 12.4. The molecule has 2 rings (SSSR count). The lowest BCUT2D eigenvalue weighted by molar-refractivity contribution is -0.903. The second kappa shape index (κ2) is 6.91. The van der Waals surface area contributed by atoms with Crippen LogP contribution in [0.1, 0.15) is 12.0 Å². The SMILES string of the molecule is N#CCC(=O)N1CC[NH+](CCc2ccccc2)CC1. The van der Waals surface area contributed by atoms with E-state index in [2.05, 4.69) is 24.3 Å². The highest BCUT2D eigenvalue weighted by Crippen LogP contribution is 1.98. The van der Waals surface area contributed by atoms with Crippen LogP contribution in [0.25, 0.3) is 0 Å². The summed E-state index contributed by atoms with van der Waals surface area (Å²) in [4.78, 5) is 14.9. The van der Waals surface area contributed by atoms with Gasteiger partial charge in [-0.25, -0.2) is 0 Å². The maximum atomic E-state index is 11.6. The van der Waals surface area contributed by atoms with Crippen LogP contribution in [0.2, 0.25) is 0 Å². The number of nitriles is 1. The zero-order valence-corrected chi connectivity index (χ0v) is 11.1. The van der Waals surface area contributed by atoms with Crippen LogP contribution in [0.5, 0.6) is 0 Å². The highest BCUT2D eigenvalue weighted by Gasteiger charge is 2.22. The Morgan fingerprint density at radius 2 is 1.95 bits per heavy atom. The molecular formula is C15H20N3O+. The molecule has 0 unspecified atom stereocenters. The Morgan fingerprint density at radius 3 is 2.58 bits per heavy atom. The fourth-order valence-electron chi connectivity index (χ4n) is 2.47. The normalized spacial score (nSPS) is 16.1.